The molecule has 1 aliphatic rings. The van der Waals surface area contributed by atoms with Crippen LogP contribution in [-0.4, -0.2) is 20.9 Å². The molecule has 8 heteroatoms. The molecule has 5 nitrogen and oxygen atoms in total. The molecule has 24 heavy (non-hydrogen) atoms. The lowest BCUT2D eigenvalue weighted by molar-refractivity contribution is -0.117. The molecule has 1 N–H and O–H groups in total. The van der Waals surface area contributed by atoms with E-state index in [-0.39, 0.29) is 20.8 Å². The van der Waals surface area contributed by atoms with Crippen molar-refractivity contribution < 1.29 is 13.2 Å². The number of carbonyl (C=O) groups excluding carboxylic acids is 1. The van der Waals surface area contributed by atoms with Crippen LogP contribution >= 0.6 is 23.2 Å². The zero-order chi connectivity index (χ0) is 17.3. The minimum atomic E-state index is -3.94. The predicted molar refractivity (Wildman–Crippen MR) is 95.3 cm³/mol. The van der Waals surface area contributed by atoms with Gasteiger partial charge >= 0.3 is 0 Å². The second-order valence-corrected chi connectivity index (χ2v) is 7.84. The van der Waals surface area contributed by atoms with Crippen LogP contribution in [0.4, 0.5) is 11.4 Å². The van der Waals surface area contributed by atoms with E-state index in [1.165, 1.54) is 18.2 Å². The Morgan fingerprint density at radius 1 is 1.08 bits per heavy atom. The van der Waals surface area contributed by atoms with Gasteiger partial charge in [-0.1, -0.05) is 35.3 Å². The summed E-state index contributed by atoms with van der Waals surface area (Å²) in [4.78, 5) is 13.4. The number of carbonyl (C=O) groups is 1. The molecule has 1 aliphatic heterocycles. The van der Waals surface area contributed by atoms with Crippen LogP contribution in [0.1, 0.15) is 12.8 Å². The number of hydrogen-bond acceptors (Lipinski definition) is 3. The minimum Gasteiger partial charge on any atom is -0.310 e. The molecule has 1 fully saturated rings. The van der Waals surface area contributed by atoms with Gasteiger partial charge in [0.2, 0.25) is 5.91 Å². The summed E-state index contributed by atoms with van der Waals surface area (Å²) in [6.45, 7) is 0.565. The molecular weight excluding hydrogens is 371 g/mol. The summed E-state index contributed by atoms with van der Waals surface area (Å²) in [5.74, 6) is -0.0255. The van der Waals surface area contributed by atoms with E-state index >= 15 is 0 Å². The highest BCUT2D eigenvalue weighted by Gasteiger charge is 2.26. The first-order valence-corrected chi connectivity index (χ1v) is 9.50. The maximum absolute atomic E-state index is 12.7. The van der Waals surface area contributed by atoms with Crippen molar-refractivity contribution in [1.29, 1.82) is 0 Å². The molecule has 126 valence electrons. The molecule has 0 aromatic heterocycles. The Labute approximate surface area is 150 Å². The lowest BCUT2D eigenvalue weighted by Crippen LogP contribution is -2.25. The number of para-hydroxylation sites is 2. The number of benzene rings is 2. The highest BCUT2D eigenvalue weighted by Crippen LogP contribution is 2.32. The van der Waals surface area contributed by atoms with Gasteiger partial charge in [-0.05, 0) is 36.8 Å². The standard InChI is InChI=1S/C16H14Cl2N2O3S/c17-11-7-8-12(18)15(10-11)24(22,23)19-13-4-1-2-5-14(13)20-9-3-6-16(20)21/h1-2,4-5,7-8,10,19H,3,6,9H2. The molecule has 0 aliphatic carbocycles. The van der Waals surface area contributed by atoms with Crippen LogP contribution in [0.15, 0.2) is 47.4 Å². The first-order valence-electron chi connectivity index (χ1n) is 7.26. The van der Waals surface area contributed by atoms with Crippen molar-refractivity contribution in [3.63, 3.8) is 0 Å². The summed E-state index contributed by atoms with van der Waals surface area (Å²) in [7, 11) is -3.94. The van der Waals surface area contributed by atoms with Gasteiger partial charge in [-0.3, -0.25) is 9.52 Å². The second kappa shape index (κ2) is 6.63. The van der Waals surface area contributed by atoms with Gasteiger partial charge in [0.15, 0.2) is 0 Å². The fourth-order valence-electron chi connectivity index (χ4n) is 2.58. The number of hydrogen-bond donors (Lipinski definition) is 1. The topological polar surface area (TPSA) is 66.5 Å². The van der Waals surface area contributed by atoms with Crippen molar-refractivity contribution in [2.24, 2.45) is 0 Å². The third-order valence-corrected chi connectivity index (χ3v) is 5.78. The second-order valence-electron chi connectivity index (χ2n) is 5.35. The predicted octanol–water partition coefficient (Wildman–Crippen LogP) is 3.92. The first-order chi connectivity index (χ1) is 11.4. The Bertz CT molecular complexity index is 900. The van der Waals surface area contributed by atoms with E-state index in [1.807, 2.05) is 0 Å². The molecule has 0 bridgehead atoms. The summed E-state index contributed by atoms with van der Waals surface area (Å²) < 4.78 is 27.8. The number of rotatable bonds is 4. The number of halogens is 2. The van der Waals surface area contributed by atoms with Gasteiger partial charge in [0.25, 0.3) is 10.0 Å². The van der Waals surface area contributed by atoms with Crippen molar-refractivity contribution in [2.75, 3.05) is 16.2 Å². The van der Waals surface area contributed by atoms with Crippen molar-refractivity contribution in [1.82, 2.24) is 0 Å². The third-order valence-electron chi connectivity index (χ3n) is 3.70. The van der Waals surface area contributed by atoms with E-state index in [1.54, 1.807) is 29.2 Å². The Morgan fingerprint density at radius 2 is 1.83 bits per heavy atom. The zero-order valence-corrected chi connectivity index (χ0v) is 14.8. The van der Waals surface area contributed by atoms with Crippen LogP contribution < -0.4 is 9.62 Å². The Balaban J connectivity index is 1.99. The molecule has 0 radical (unpaired) electrons. The van der Waals surface area contributed by atoms with Crippen LogP contribution in [-0.2, 0) is 14.8 Å². The van der Waals surface area contributed by atoms with Crippen molar-refractivity contribution in [3.8, 4) is 0 Å². The van der Waals surface area contributed by atoms with E-state index in [9.17, 15) is 13.2 Å². The minimum absolute atomic E-state index is 0.0255. The summed E-state index contributed by atoms with van der Waals surface area (Å²) in [5, 5.41) is 0.337. The molecule has 0 atom stereocenters. The molecule has 2 aromatic rings. The number of sulfonamides is 1. The maximum atomic E-state index is 12.7. The van der Waals surface area contributed by atoms with E-state index < -0.39 is 10.0 Å². The monoisotopic (exact) mass is 384 g/mol. The molecule has 1 saturated heterocycles. The van der Waals surface area contributed by atoms with Crippen LogP contribution in [0.2, 0.25) is 10.0 Å². The number of amides is 1. The molecule has 1 heterocycles. The summed E-state index contributed by atoms with van der Waals surface area (Å²) in [5.41, 5.74) is 0.852. The molecule has 0 saturated carbocycles. The summed E-state index contributed by atoms with van der Waals surface area (Å²) >= 11 is 11.9. The fraction of sp³-hybridized carbons (Fsp3) is 0.188. The first kappa shape index (κ1) is 17.1. The van der Waals surface area contributed by atoms with Gasteiger partial charge in [0.1, 0.15) is 4.90 Å². The molecule has 3 rings (SSSR count). The summed E-state index contributed by atoms with van der Waals surface area (Å²) in [6, 6.07) is 11.0. The highest BCUT2D eigenvalue weighted by atomic mass is 35.5. The Kier molecular flexibility index (Phi) is 4.71. The van der Waals surface area contributed by atoms with Gasteiger partial charge in [0, 0.05) is 18.0 Å². The summed E-state index contributed by atoms with van der Waals surface area (Å²) in [6.07, 6.45) is 1.21. The van der Waals surface area contributed by atoms with Gasteiger partial charge in [-0.25, -0.2) is 8.42 Å². The lowest BCUT2D eigenvalue weighted by Gasteiger charge is -2.20. The quantitative estimate of drug-likeness (QED) is 0.868. The average molecular weight is 385 g/mol. The van der Waals surface area contributed by atoms with Crippen molar-refractivity contribution in [2.45, 2.75) is 17.7 Å². The number of nitrogens with zero attached hydrogens (tertiary/aromatic N) is 1. The van der Waals surface area contributed by atoms with Crippen LogP contribution in [0.5, 0.6) is 0 Å². The van der Waals surface area contributed by atoms with E-state index in [0.29, 0.717) is 24.3 Å². The van der Waals surface area contributed by atoms with E-state index in [0.717, 1.165) is 6.42 Å². The van der Waals surface area contributed by atoms with Gasteiger partial charge in [-0.15, -0.1) is 0 Å². The molecule has 0 unspecified atom stereocenters. The zero-order valence-electron chi connectivity index (χ0n) is 12.5. The fourth-order valence-corrected chi connectivity index (χ4v) is 4.42. The van der Waals surface area contributed by atoms with E-state index in [2.05, 4.69) is 4.72 Å². The SMILES string of the molecule is O=C1CCCN1c1ccccc1NS(=O)(=O)c1cc(Cl)ccc1Cl. The lowest BCUT2D eigenvalue weighted by atomic mass is 10.2. The Hall–Kier alpha value is -1.76. The number of nitrogens with one attached hydrogen (secondary N) is 1. The molecule has 1 amide bonds. The maximum Gasteiger partial charge on any atom is 0.263 e. The molecule has 2 aromatic carbocycles. The highest BCUT2D eigenvalue weighted by molar-refractivity contribution is 7.92. The van der Waals surface area contributed by atoms with Crippen molar-refractivity contribution >= 4 is 50.5 Å². The van der Waals surface area contributed by atoms with Gasteiger partial charge in [-0.2, -0.15) is 0 Å². The molecule has 0 spiro atoms. The number of anilines is 2. The normalized spacial score (nSPS) is 14.9. The van der Waals surface area contributed by atoms with Crippen LogP contribution in [0.25, 0.3) is 0 Å². The van der Waals surface area contributed by atoms with Gasteiger partial charge in [0.05, 0.1) is 16.4 Å². The Morgan fingerprint density at radius 3 is 2.54 bits per heavy atom. The van der Waals surface area contributed by atoms with Gasteiger partial charge < -0.3 is 4.90 Å². The smallest absolute Gasteiger partial charge is 0.263 e. The van der Waals surface area contributed by atoms with E-state index in [4.69, 9.17) is 23.2 Å². The third kappa shape index (κ3) is 3.36. The van der Waals surface area contributed by atoms with Crippen LogP contribution in [0.3, 0.4) is 0 Å². The molecular formula is C16H14Cl2N2O3S. The van der Waals surface area contributed by atoms with Crippen molar-refractivity contribution in [3.05, 3.63) is 52.5 Å². The average Bonchev–Trinajstić information content (AvgIpc) is 2.96. The largest absolute Gasteiger partial charge is 0.310 e. The van der Waals surface area contributed by atoms with Crippen LogP contribution in [0, 0.1) is 0 Å².